The lowest BCUT2D eigenvalue weighted by Crippen LogP contribution is -2.61. The van der Waals surface area contributed by atoms with E-state index in [1.54, 1.807) is 0 Å². The average molecular weight is 934 g/mol. The second-order valence-corrected chi connectivity index (χ2v) is 25.5. The van der Waals surface area contributed by atoms with Crippen LogP contribution in [-0.4, -0.2) is 12.3 Å². The third-order valence-electron chi connectivity index (χ3n) is 17.6. The molecule has 3 heterocycles. The Labute approximate surface area is 427 Å². The predicted octanol–water partition coefficient (Wildman–Crippen LogP) is 17.0. The van der Waals surface area contributed by atoms with E-state index in [2.05, 4.69) is 250 Å². The number of fused-ring (bicyclic) bond motifs is 7. The molecule has 4 heteroatoms. The maximum Gasteiger partial charge on any atom is 0.252 e. The summed E-state index contributed by atoms with van der Waals surface area (Å²) in [5.41, 5.74) is 23.4. The Balaban J connectivity index is 1.20. The Hall–Kier alpha value is -6.00. The highest BCUT2D eigenvalue weighted by Crippen LogP contribution is 2.60. The van der Waals surface area contributed by atoms with E-state index in [0.717, 1.165) is 0 Å². The molecule has 2 unspecified atom stereocenters. The molecule has 1 saturated carbocycles. The summed E-state index contributed by atoms with van der Waals surface area (Å²) >= 11 is 0. The van der Waals surface area contributed by atoms with Crippen LogP contribution in [0.4, 0.5) is 45.5 Å². The molecule has 0 radical (unpaired) electrons. The normalized spacial score (nSPS) is 19.7. The van der Waals surface area contributed by atoms with Gasteiger partial charge in [-0.2, -0.15) is 0 Å². The SMILES string of the molecule is CC(C)c1ccc2c(c1)C1(C)CCCCCCC1(C)N2c1ccc2c(c1)N(c1ccc(C(C)(C)C)cc1)c1cc(C(C)(C)C)cc3c1B2c1ccccc1N3c1ccc(C(C)(C)C)cc1-c1ccccc1. The average Bonchev–Trinajstić information content (AvgIpc) is 3.51. The minimum atomic E-state index is -0.128. The largest absolute Gasteiger partial charge is 0.334 e. The zero-order valence-corrected chi connectivity index (χ0v) is 45.1. The van der Waals surface area contributed by atoms with E-state index in [4.69, 9.17) is 0 Å². The Morgan fingerprint density at radius 2 is 1.06 bits per heavy atom. The Kier molecular flexibility index (Phi) is 11.2. The van der Waals surface area contributed by atoms with Crippen LogP contribution in [-0.2, 0) is 21.7 Å². The number of rotatable bonds is 5. The van der Waals surface area contributed by atoms with Crippen molar-refractivity contribution >= 4 is 68.6 Å². The molecule has 362 valence electrons. The van der Waals surface area contributed by atoms with E-state index in [1.807, 2.05) is 0 Å². The zero-order valence-electron chi connectivity index (χ0n) is 45.1. The van der Waals surface area contributed by atoms with Crippen molar-refractivity contribution in [1.29, 1.82) is 0 Å². The van der Waals surface area contributed by atoms with Crippen molar-refractivity contribution in [2.24, 2.45) is 0 Å². The van der Waals surface area contributed by atoms with Gasteiger partial charge in [-0.1, -0.05) is 194 Å². The van der Waals surface area contributed by atoms with Gasteiger partial charge in [0, 0.05) is 50.8 Å². The van der Waals surface area contributed by atoms with Crippen molar-refractivity contribution in [1.82, 2.24) is 0 Å². The molecule has 3 nitrogen and oxygen atoms in total. The molecule has 1 aliphatic carbocycles. The molecule has 71 heavy (non-hydrogen) atoms. The van der Waals surface area contributed by atoms with E-state index in [-0.39, 0.29) is 33.9 Å². The summed E-state index contributed by atoms with van der Waals surface area (Å²) in [6.45, 7) is 31.0. The van der Waals surface area contributed by atoms with E-state index >= 15 is 0 Å². The standard InChI is InChI=1S/C67H76BN3/c1-44(2)46-27-35-57-53(39-46)66(12)37-21-14-15-22-38-67(66,13)71(57)51-33-34-55-59(43-51)69(50-31-28-47(29-32-50)63(3,4)5)60-41-49(65(9,10)11)42-61-62(60)68(55)54-25-19-20-26-58(54)70(61)56-36-30-48(64(6,7)8)40-52(56)45-23-17-16-18-24-45/h16-20,23-36,39-44H,14-15,21-22,37-38H2,1-13H3. The van der Waals surface area contributed by atoms with Crippen LogP contribution in [0.3, 0.4) is 0 Å². The topological polar surface area (TPSA) is 9.72 Å². The molecule has 7 aromatic rings. The van der Waals surface area contributed by atoms with Crippen LogP contribution >= 0.6 is 0 Å². The minimum Gasteiger partial charge on any atom is -0.334 e. The van der Waals surface area contributed by atoms with Gasteiger partial charge in [-0.3, -0.25) is 0 Å². The first-order valence-electron chi connectivity index (χ1n) is 27.0. The summed E-state index contributed by atoms with van der Waals surface area (Å²) in [6.07, 6.45) is 7.51. The van der Waals surface area contributed by atoms with Crippen molar-refractivity contribution in [3.63, 3.8) is 0 Å². The van der Waals surface area contributed by atoms with Gasteiger partial charge in [0.2, 0.25) is 0 Å². The molecule has 4 aliphatic rings. The van der Waals surface area contributed by atoms with Crippen LogP contribution in [0.15, 0.2) is 146 Å². The van der Waals surface area contributed by atoms with Crippen LogP contribution in [0, 0.1) is 0 Å². The van der Waals surface area contributed by atoms with E-state index in [1.165, 1.54) is 139 Å². The van der Waals surface area contributed by atoms with Gasteiger partial charge in [0.25, 0.3) is 6.71 Å². The van der Waals surface area contributed by atoms with Crippen LogP contribution in [0.25, 0.3) is 11.1 Å². The van der Waals surface area contributed by atoms with Gasteiger partial charge in [0.1, 0.15) is 0 Å². The second kappa shape index (κ2) is 16.8. The molecular weight excluding hydrogens is 858 g/mol. The molecule has 0 N–H and O–H groups in total. The molecule has 0 aromatic heterocycles. The van der Waals surface area contributed by atoms with E-state index < -0.39 is 0 Å². The van der Waals surface area contributed by atoms with Gasteiger partial charge < -0.3 is 14.7 Å². The number of hydrogen-bond acceptors (Lipinski definition) is 3. The fourth-order valence-corrected chi connectivity index (χ4v) is 13.1. The monoisotopic (exact) mass is 934 g/mol. The molecule has 7 aromatic carbocycles. The smallest absolute Gasteiger partial charge is 0.252 e. The predicted molar refractivity (Wildman–Crippen MR) is 308 cm³/mol. The van der Waals surface area contributed by atoms with Gasteiger partial charge in [-0.25, -0.2) is 0 Å². The lowest BCUT2D eigenvalue weighted by molar-refractivity contribution is 0.217. The van der Waals surface area contributed by atoms with Crippen LogP contribution in [0.2, 0.25) is 0 Å². The van der Waals surface area contributed by atoms with Gasteiger partial charge >= 0.3 is 0 Å². The Morgan fingerprint density at radius 1 is 0.465 bits per heavy atom. The molecule has 2 atom stereocenters. The van der Waals surface area contributed by atoms with Crippen LogP contribution in [0.5, 0.6) is 0 Å². The summed E-state index contributed by atoms with van der Waals surface area (Å²) in [5.74, 6) is 0.477. The molecule has 0 saturated heterocycles. The molecule has 0 spiro atoms. The molecule has 1 fully saturated rings. The van der Waals surface area contributed by atoms with Gasteiger partial charge in [-0.05, 0) is 152 Å². The highest BCUT2D eigenvalue weighted by Gasteiger charge is 2.57. The van der Waals surface area contributed by atoms with Crippen molar-refractivity contribution in [2.75, 3.05) is 14.7 Å². The maximum atomic E-state index is 2.81. The van der Waals surface area contributed by atoms with E-state index in [0.29, 0.717) is 5.92 Å². The maximum absolute atomic E-state index is 2.81. The summed E-state index contributed by atoms with van der Waals surface area (Å²) in [7, 11) is 0. The highest BCUT2D eigenvalue weighted by atomic mass is 15.3. The molecule has 11 rings (SSSR count). The van der Waals surface area contributed by atoms with Gasteiger partial charge in [-0.15, -0.1) is 0 Å². The van der Waals surface area contributed by atoms with Gasteiger partial charge in [0.05, 0.1) is 11.2 Å². The summed E-state index contributed by atoms with van der Waals surface area (Å²) in [4.78, 5) is 8.09. The van der Waals surface area contributed by atoms with Crippen molar-refractivity contribution < 1.29 is 0 Å². The lowest BCUT2D eigenvalue weighted by atomic mass is 9.33. The number of benzene rings is 7. The van der Waals surface area contributed by atoms with Crippen molar-refractivity contribution in [3.05, 3.63) is 173 Å². The number of para-hydroxylation sites is 1. The fraction of sp³-hybridized carbons (Fsp3) is 0.373. The van der Waals surface area contributed by atoms with Crippen molar-refractivity contribution in [3.8, 4) is 11.1 Å². The summed E-state index contributed by atoms with van der Waals surface area (Å²) in [6, 6.07) is 57.4. The third-order valence-corrected chi connectivity index (χ3v) is 17.6. The Bertz CT molecular complexity index is 3180. The van der Waals surface area contributed by atoms with Gasteiger partial charge in [0.15, 0.2) is 0 Å². The summed E-state index contributed by atoms with van der Waals surface area (Å²) < 4.78 is 0. The molecular formula is C67H76BN3. The fourth-order valence-electron chi connectivity index (χ4n) is 13.1. The highest BCUT2D eigenvalue weighted by molar-refractivity contribution is 7.00. The first-order chi connectivity index (χ1) is 33.7. The lowest BCUT2D eigenvalue weighted by Gasteiger charge is -2.49. The molecule has 3 aliphatic heterocycles. The molecule has 0 bridgehead atoms. The number of nitrogens with zero attached hydrogens (tertiary/aromatic N) is 3. The third kappa shape index (κ3) is 7.59. The van der Waals surface area contributed by atoms with Crippen LogP contribution in [0.1, 0.15) is 162 Å². The zero-order chi connectivity index (χ0) is 50.0. The quantitative estimate of drug-likeness (QED) is 0.159. The second-order valence-electron chi connectivity index (χ2n) is 25.5. The number of anilines is 8. The molecule has 0 amide bonds. The Morgan fingerprint density at radius 3 is 1.73 bits per heavy atom. The minimum absolute atomic E-state index is 0.0103. The van der Waals surface area contributed by atoms with Crippen molar-refractivity contribution in [2.45, 2.75) is 162 Å². The first-order valence-corrected chi connectivity index (χ1v) is 27.0. The van der Waals surface area contributed by atoms with E-state index in [9.17, 15) is 0 Å². The first kappa shape index (κ1) is 47.3. The summed E-state index contributed by atoms with van der Waals surface area (Å²) in [5, 5.41) is 0. The van der Waals surface area contributed by atoms with Crippen LogP contribution < -0.4 is 31.1 Å². The number of hydrogen-bond donors (Lipinski definition) is 0.